The van der Waals surface area contributed by atoms with Crippen molar-refractivity contribution in [2.24, 2.45) is 0 Å². The summed E-state index contributed by atoms with van der Waals surface area (Å²) in [5.74, 6) is -0.588. The van der Waals surface area contributed by atoms with E-state index in [1.807, 2.05) is 20.8 Å². The molecule has 0 radical (unpaired) electrons. The third-order valence-corrected chi connectivity index (χ3v) is 1.71. The van der Waals surface area contributed by atoms with Crippen molar-refractivity contribution in [1.29, 1.82) is 0 Å². The van der Waals surface area contributed by atoms with Gasteiger partial charge in [-0.05, 0) is 26.7 Å². The minimum atomic E-state index is -0.213. The largest absolute Gasteiger partial charge is 0.466 e. The number of unbranched alkanes of at least 4 members (excludes halogenated alkanes) is 1. The summed E-state index contributed by atoms with van der Waals surface area (Å²) in [4.78, 5) is 30.1. The van der Waals surface area contributed by atoms with Gasteiger partial charge < -0.3 is 14.2 Å². The molecule has 0 heterocycles. The summed E-state index contributed by atoms with van der Waals surface area (Å²) in [7, 11) is 0. The average Bonchev–Trinajstić information content (AvgIpc) is 2.36. The highest BCUT2D eigenvalue weighted by atomic mass is 16.5. The second-order valence-electron chi connectivity index (χ2n) is 4.69. The number of hydrogen-bond donors (Lipinski definition) is 0. The van der Waals surface area contributed by atoms with Crippen LogP contribution < -0.4 is 0 Å². The van der Waals surface area contributed by atoms with Gasteiger partial charge in [-0.1, -0.05) is 20.3 Å². The number of esters is 3. The lowest BCUT2D eigenvalue weighted by atomic mass is 10.4. The molecule has 22 heavy (non-hydrogen) atoms. The first-order chi connectivity index (χ1) is 10.2. The van der Waals surface area contributed by atoms with Crippen LogP contribution in [0.4, 0.5) is 0 Å². The second kappa shape index (κ2) is 19.4. The van der Waals surface area contributed by atoms with Crippen LogP contribution >= 0.6 is 0 Å². The van der Waals surface area contributed by atoms with Crippen LogP contribution in [0.3, 0.4) is 0 Å². The van der Waals surface area contributed by atoms with E-state index in [0.29, 0.717) is 13.2 Å². The van der Waals surface area contributed by atoms with E-state index in [-0.39, 0.29) is 24.0 Å². The summed E-state index contributed by atoms with van der Waals surface area (Å²) in [6, 6.07) is 0. The molecule has 0 aromatic heterocycles. The normalized spacial score (nSPS) is 8.73. The molecule has 0 bridgehead atoms. The van der Waals surface area contributed by atoms with Crippen molar-refractivity contribution in [3.63, 3.8) is 0 Å². The predicted molar refractivity (Wildman–Crippen MR) is 85.4 cm³/mol. The van der Waals surface area contributed by atoms with Crippen LogP contribution in [0.2, 0.25) is 0 Å². The fourth-order valence-electron chi connectivity index (χ4n) is 0.938. The fourth-order valence-corrected chi connectivity index (χ4v) is 0.938. The molecule has 6 heteroatoms. The lowest BCUT2D eigenvalue weighted by molar-refractivity contribution is -0.145. The van der Waals surface area contributed by atoms with E-state index >= 15 is 0 Å². The maximum atomic E-state index is 10.1. The molecular formula is C16H32O6. The molecule has 0 rings (SSSR count). The molecule has 0 spiro atoms. The molecule has 0 fully saturated rings. The quantitative estimate of drug-likeness (QED) is 0.424. The lowest BCUT2D eigenvalue weighted by Gasteiger charge is -2.01. The Labute approximate surface area is 134 Å². The first-order valence-electron chi connectivity index (χ1n) is 7.61. The number of carbonyl (C=O) groups is 3. The van der Waals surface area contributed by atoms with Crippen molar-refractivity contribution < 1.29 is 28.6 Å². The smallest absolute Gasteiger partial charge is 0.302 e. The number of rotatable bonds is 6. The van der Waals surface area contributed by atoms with Crippen LogP contribution in [-0.2, 0) is 28.6 Å². The molecule has 0 N–H and O–H groups in total. The summed E-state index contributed by atoms with van der Waals surface area (Å²) >= 11 is 0. The van der Waals surface area contributed by atoms with Crippen molar-refractivity contribution in [2.75, 3.05) is 13.2 Å². The topological polar surface area (TPSA) is 78.9 Å². The van der Waals surface area contributed by atoms with Gasteiger partial charge in [0, 0.05) is 20.8 Å². The lowest BCUT2D eigenvalue weighted by Crippen LogP contribution is -2.06. The van der Waals surface area contributed by atoms with Crippen LogP contribution in [0.1, 0.15) is 67.7 Å². The van der Waals surface area contributed by atoms with Crippen LogP contribution in [-0.4, -0.2) is 37.2 Å². The average molecular weight is 320 g/mol. The molecule has 0 amide bonds. The Kier molecular flexibility index (Phi) is 22.4. The Morgan fingerprint density at radius 3 is 1.41 bits per heavy atom. The minimum absolute atomic E-state index is 0.0255. The zero-order valence-corrected chi connectivity index (χ0v) is 15.1. The number of carbonyl (C=O) groups excluding carboxylic acids is 3. The van der Waals surface area contributed by atoms with Crippen molar-refractivity contribution >= 4 is 17.9 Å². The van der Waals surface area contributed by atoms with Gasteiger partial charge in [-0.2, -0.15) is 0 Å². The van der Waals surface area contributed by atoms with Crippen LogP contribution in [0, 0.1) is 0 Å². The van der Waals surface area contributed by atoms with Gasteiger partial charge in [0.05, 0.1) is 19.3 Å². The summed E-state index contributed by atoms with van der Waals surface area (Å²) in [6.45, 7) is 13.0. The van der Waals surface area contributed by atoms with E-state index in [1.165, 1.54) is 20.8 Å². The molecule has 0 saturated carbocycles. The number of ether oxygens (including phenoxy) is 3. The Bertz CT molecular complexity index is 286. The van der Waals surface area contributed by atoms with Crippen molar-refractivity contribution in [1.82, 2.24) is 0 Å². The summed E-state index contributed by atoms with van der Waals surface area (Å²) < 4.78 is 13.8. The van der Waals surface area contributed by atoms with E-state index in [0.717, 1.165) is 19.3 Å². The Hall–Kier alpha value is -1.59. The van der Waals surface area contributed by atoms with E-state index < -0.39 is 0 Å². The molecule has 0 aliphatic carbocycles. The molecule has 0 saturated heterocycles. The van der Waals surface area contributed by atoms with Gasteiger partial charge >= 0.3 is 17.9 Å². The maximum Gasteiger partial charge on any atom is 0.302 e. The molecule has 0 aliphatic heterocycles. The highest BCUT2D eigenvalue weighted by Gasteiger charge is 1.93. The Morgan fingerprint density at radius 1 is 0.773 bits per heavy atom. The van der Waals surface area contributed by atoms with Gasteiger partial charge in [-0.25, -0.2) is 0 Å². The van der Waals surface area contributed by atoms with Crippen molar-refractivity contribution in [2.45, 2.75) is 73.8 Å². The van der Waals surface area contributed by atoms with E-state index in [1.54, 1.807) is 0 Å². The molecule has 0 atom stereocenters. The Morgan fingerprint density at radius 2 is 1.23 bits per heavy atom. The van der Waals surface area contributed by atoms with Gasteiger partial charge in [0.1, 0.15) is 0 Å². The Balaban J connectivity index is -0.000000247. The summed E-state index contributed by atoms with van der Waals surface area (Å²) in [5.41, 5.74) is 0. The first kappa shape index (κ1) is 25.4. The maximum absolute atomic E-state index is 10.1. The highest BCUT2D eigenvalue weighted by molar-refractivity contribution is 5.66. The molecule has 0 aromatic rings. The van der Waals surface area contributed by atoms with E-state index in [4.69, 9.17) is 0 Å². The summed E-state index contributed by atoms with van der Waals surface area (Å²) in [6.07, 6.45) is 2.98. The highest BCUT2D eigenvalue weighted by Crippen LogP contribution is 1.87. The molecule has 132 valence electrons. The van der Waals surface area contributed by atoms with Gasteiger partial charge in [0.2, 0.25) is 0 Å². The van der Waals surface area contributed by atoms with Crippen molar-refractivity contribution in [3.8, 4) is 0 Å². The number of hydrogen-bond acceptors (Lipinski definition) is 6. The minimum Gasteiger partial charge on any atom is -0.466 e. The SMILES string of the molecule is CC(=O)OC(C)C.CCCCOC(C)=O.CCCOC(C)=O. The van der Waals surface area contributed by atoms with Crippen LogP contribution in [0.15, 0.2) is 0 Å². The zero-order valence-electron chi connectivity index (χ0n) is 15.1. The zero-order chi connectivity index (χ0) is 18.0. The monoisotopic (exact) mass is 320 g/mol. The van der Waals surface area contributed by atoms with Crippen LogP contribution in [0.25, 0.3) is 0 Å². The van der Waals surface area contributed by atoms with Gasteiger partial charge in [0.25, 0.3) is 0 Å². The van der Waals surface area contributed by atoms with Gasteiger partial charge in [-0.15, -0.1) is 0 Å². The summed E-state index contributed by atoms with van der Waals surface area (Å²) in [5, 5.41) is 0. The third-order valence-electron chi connectivity index (χ3n) is 1.71. The van der Waals surface area contributed by atoms with E-state index in [9.17, 15) is 14.4 Å². The first-order valence-corrected chi connectivity index (χ1v) is 7.61. The molecular weight excluding hydrogens is 288 g/mol. The van der Waals surface area contributed by atoms with Crippen LogP contribution in [0.5, 0.6) is 0 Å². The predicted octanol–water partition coefficient (Wildman–Crippen LogP) is 3.27. The fraction of sp³-hybridized carbons (Fsp3) is 0.812. The molecule has 6 nitrogen and oxygen atoms in total. The van der Waals surface area contributed by atoms with Crippen molar-refractivity contribution in [3.05, 3.63) is 0 Å². The van der Waals surface area contributed by atoms with E-state index in [2.05, 4.69) is 21.1 Å². The molecule has 0 aromatic carbocycles. The standard InChI is InChI=1S/C6H12O2.2C5H10O2/c1-3-4-5-8-6(2)7;1-4(2)7-5(3)6;1-3-4-7-5(2)6/h3-5H2,1-2H3;4H,1-3H3;3-4H2,1-2H3. The van der Waals surface area contributed by atoms with Gasteiger partial charge in [0.15, 0.2) is 0 Å². The molecule has 0 unspecified atom stereocenters. The molecule has 0 aliphatic rings. The third kappa shape index (κ3) is 42.9. The van der Waals surface area contributed by atoms with Gasteiger partial charge in [-0.3, -0.25) is 14.4 Å². The second-order valence-corrected chi connectivity index (χ2v) is 4.69.